The van der Waals surface area contributed by atoms with Crippen molar-refractivity contribution in [2.75, 3.05) is 13.7 Å². The summed E-state index contributed by atoms with van der Waals surface area (Å²) in [5.74, 6) is -0.510. The van der Waals surface area contributed by atoms with E-state index in [1.807, 2.05) is 0 Å². The maximum absolute atomic E-state index is 11.9. The summed E-state index contributed by atoms with van der Waals surface area (Å²) < 4.78 is 5.75. The smallest absolute Gasteiger partial charge is 0.259 e. The average Bonchev–Trinajstić information content (AvgIpc) is 2.61. The van der Waals surface area contributed by atoms with Gasteiger partial charge in [0.1, 0.15) is 0 Å². The van der Waals surface area contributed by atoms with Crippen LogP contribution in [0.2, 0.25) is 0 Å². The molecule has 8 heteroatoms. The number of hydrogen-bond donors (Lipinski definition) is 3. The van der Waals surface area contributed by atoms with Gasteiger partial charge in [0.15, 0.2) is 11.5 Å². The van der Waals surface area contributed by atoms with Crippen LogP contribution in [0.15, 0.2) is 52.0 Å². The van der Waals surface area contributed by atoms with Gasteiger partial charge in [-0.1, -0.05) is 22.0 Å². The first kappa shape index (κ1) is 18.5. The van der Waals surface area contributed by atoms with Crippen molar-refractivity contribution >= 4 is 34.0 Å². The van der Waals surface area contributed by atoms with E-state index in [0.29, 0.717) is 16.9 Å². The van der Waals surface area contributed by atoms with E-state index < -0.39 is 5.91 Å². The Bertz CT molecular complexity index is 808. The number of hydrogen-bond acceptors (Lipinski definition) is 5. The molecule has 2 aromatic carbocycles. The van der Waals surface area contributed by atoms with E-state index in [2.05, 4.69) is 31.8 Å². The predicted octanol–water partition coefficient (Wildman–Crippen LogP) is 2.04. The van der Waals surface area contributed by atoms with Gasteiger partial charge in [-0.2, -0.15) is 5.10 Å². The number of methoxy groups -OCH3 is 1. The molecule has 0 bridgehead atoms. The molecule has 0 aliphatic carbocycles. The summed E-state index contributed by atoms with van der Waals surface area (Å²) >= 11 is 3.28. The molecule has 0 heterocycles. The third kappa shape index (κ3) is 5.61. The van der Waals surface area contributed by atoms with E-state index in [-0.39, 0.29) is 18.2 Å². The lowest BCUT2D eigenvalue weighted by Gasteiger charge is -2.05. The standard InChI is InChI=1S/C17H16BrN3O4/c1-25-15-7-11(5-6-14(15)22)9-20-21-16(23)10-19-17(24)12-3-2-4-13(18)8-12/h2-9,22H,10H2,1H3,(H,19,24)(H,21,23)/b20-9-. The highest BCUT2D eigenvalue weighted by Crippen LogP contribution is 2.25. The molecule has 2 rings (SSSR count). The van der Waals surface area contributed by atoms with Crippen LogP contribution >= 0.6 is 15.9 Å². The molecule has 7 nitrogen and oxygen atoms in total. The van der Waals surface area contributed by atoms with Crippen molar-refractivity contribution in [1.82, 2.24) is 10.7 Å². The predicted molar refractivity (Wildman–Crippen MR) is 96.9 cm³/mol. The molecule has 3 N–H and O–H groups in total. The maximum atomic E-state index is 11.9. The van der Waals surface area contributed by atoms with E-state index in [1.54, 1.807) is 36.4 Å². The van der Waals surface area contributed by atoms with Crippen LogP contribution < -0.4 is 15.5 Å². The minimum Gasteiger partial charge on any atom is -0.504 e. The largest absolute Gasteiger partial charge is 0.504 e. The first-order valence-electron chi connectivity index (χ1n) is 7.22. The molecular formula is C17H16BrN3O4. The van der Waals surface area contributed by atoms with Crippen LogP contribution in [0.25, 0.3) is 0 Å². The van der Waals surface area contributed by atoms with Gasteiger partial charge in [-0.3, -0.25) is 9.59 Å². The fourth-order valence-electron chi connectivity index (χ4n) is 1.89. The number of phenols is 1. The average molecular weight is 406 g/mol. The van der Waals surface area contributed by atoms with Crippen LogP contribution in [0.3, 0.4) is 0 Å². The van der Waals surface area contributed by atoms with E-state index in [9.17, 15) is 14.7 Å². The molecule has 2 amide bonds. The number of nitrogens with zero attached hydrogens (tertiary/aromatic N) is 1. The fraction of sp³-hybridized carbons (Fsp3) is 0.118. The number of amides is 2. The normalized spacial score (nSPS) is 10.5. The molecule has 130 valence electrons. The third-order valence-corrected chi connectivity index (χ3v) is 3.60. The van der Waals surface area contributed by atoms with Crippen molar-refractivity contribution in [1.29, 1.82) is 0 Å². The summed E-state index contributed by atoms with van der Waals surface area (Å²) in [7, 11) is 1.44. The number of ether oxygens (including phenoxy) is 1. The number of benzene rings is 2. The second kappa shape index (κ2) is 8.84. The SMILES string of the molecule is COc1cc(/C=N\NC(=O)CNC(=O)c2cccc(Br)c2)ccc1O. The van der Waals surface area contributed by atoms with Gasteiger partial charge in [0.25, 0.3) is 11.8 Å². The van der Waals surface area contributed by atoms with Crippen LogP contribution in [0.1, 0.15) is 15.9 Å². The van der Waals surface area contributed by atoms with Crippen LogP contribution in [0.4, 0.5) is 0 Å². The second-order valence-corrected chi connectivity index (χ2v) is 5.83. The number of rotatable bonds is 6. The van der Waals surface area contributed by atoms with E-state index in [1.165, 1.54) is 19.4 Å². The minimum absolute atomic E-state index is 0.0129. The summed E-state index contributed by atoms with van der Waals surface area (Å²) in [5, 5.41) is 15.8. The van der Waals surface area contributed by atoms with Gasteiger partial charge in [0.05, 0.1) is 19.9 Å². The Labute approximate surface area is 152 Å². The van der Waals surface area contributed by atoms with Gasteiger partial charge in [0, 0.05) is 10.0 Å². The number of carbonyl (C=O) groups is 2. The zero-order valence-electron chi connectivity index (χ0n) is 13.3. The summed E-state index contributed by atoms with van der Waals surface area (Å²) in [5.41, 5.74) is 3.38. The molecular weight excluding hydrogens is 390 g/mol. The van der Waals surface area contributed by atoms with Crippen LogP contribution in [0.5, 0.6) is 11.5 Å². The molecule has 0 atom stereocenters. The van der Waals surface area contributed by atoms with Crippen molar-refractivity contribution in [3.8, 4) is 11.5 Å². The molecule has 0 unspecified atom stereocenters. The number of carbonyl (C=O) groups excluding carboxylic acids is 2. The number of halogens is 1. The Morgan fingerprint density at radius 3 is 2.80 bits per heavy atom. The Morgan fingerprint density at radius 1 is 1.28 bits per heavy atom. The lowest BCUT2D eigenvalue weighted by atomic mass is 10.2. The number of phenolic OH excluding ortho intramolecular Hbond substituents is 1. The highest BCUT2D eigenvalue weighted by atomic mass is 79.9. The van der Waals surface area contributed by atoms with Crippen molar-refractivity contribution in [3.05, 3.63) is 58.1 Å². The molecule has 0 radical (unpaired) electrons. The Morgan fingerprint density at radius 2 is 2.08 bits per heavy atom. The van der Waals surface area contributed by atoms with Crippen LogP contribution in [0, 0.1) is 0 Å². The summed E-state index contributed by atoms with van der Waals surface area (Å²) in [6.07, 6.45) is 1.40. The van der Waals surface area contributed by atoms with Gasteiger partial charge in [-0.05, 0) is 42.0 Å². The summed E-state index contributed by atoms with van der Waals surface area (Å²) in [4.78, 5) is 23.6. The van der Waals surface area contributed by atoms with E-state index in [4.69, 9.17) is 4.74 Å². The zero-order chi connectivity index (χ0) is 18.2. The third-order valence-electron chi connectivity index (χ3n) is 3.10. The van der Waals surface area contributed by atoms with Gasteiger partial charge < -0.3 is 15.2 Å². The number of hydrazone groups is 1. The van der Waals surface area contributed by atoms with Gasteiger partial charge in [-0.15, -0.1) is 0 Å². The summed E-state index contributed by atoms with van der Waals surface area (Å²) in [6.45, 7) is -0.207. The van der Waals surface area contributed by atoms with Crippen molar-refractivity contribution in [2.24, 2.45) is 5.10 Å². The highest BCUT2D eigenvalue weighted by Gasteiger charge is 2.07. The van der Waals surface area contributed by atoms with Gasteiger partial charge >= 0.3 is 0 Å². The molecule has 25 heavy (non-hydrogen) atoms. The highest BCUT2D eigenvalue weighted by molar-refractivity contribution is 9.10. The van der Waals surface area contributed by atoms with Gasteiger partial charge in [0.2, 0.25) is 0 Å². The second-order valence-electron chi connectivity index (χ2n) is 4.92. The molecule has 0 spiro atoms. The van der Waals surface area contributed by atoms with Crippen LogP contribution in [-0.2, 0) is 4.79 Å². The minimum atomic E-state index is -0.467. The van der Waals surface area contributed by atoms with E-state index in [0.717, 1.165) is 4.47 Å². The zero-order valence-corrected chi connectivity index (χ0v) is 14.9. The van der Waals surface area contributed by atoms with E-state index >= 15 is 0 Å². The topological polar surface area (TPSA) is 100 Å². The van der Waals surface area contributed by atoms with Crippen molar-refractivity contribution in [3.63, 3.8) is 0 Å². The lowest BCUT2D eigenvalue weighted by Crippen LogP contribution is -2.34. The molecule has 0 fully saturated rings. The van der Waals surface area contributed by atoms with Crippen LogP contribution in [-0.4, -0.2) is 36.8 Å². The maximum Gasteiger partial charge on any atom is 0.259 e. The Hall–Kier alpha value is -2.87. The molecule has 0 saturated heterocycles. The number of nitrogens with one attached hydrogen (secondary N) is 2. The molecule has 0 aliphatic rings. The molecule has 0 aliphatic heterocycles. The first-order chi connectivity index (χ1) is 12.0. The van der Waals surface area contributed by atoms with Crippen molar-refractivity contribution in [2.45, 2.75) is 0 Å². The molecule has 2 aromatic rings. The Kier molecular flexibility index (Phi) is 6.53. The monoisotopic (exact) mass is 405 g/mol. The first-order valence-corrected chi connectivity index (χ1v) is 8.01. The lowest BCUT2D eigenvalue weighted by molar-refractivity contribution is -0.120. The van der Waals surface area contributed by atoms with Gasteiger partial charge in [-0.25, -0.2) is 5.43 Å². The summed E-state index contributed by atoms with van der Waals surface area (Å²) in [6, 6.07) is 11.5. The molecule has 0 aromatic heterocycles. The number of aromatic hydroxyl groups is 1. The Balaban J connectivity index is 1.83. The quantitative estimate of drug-likeness (QED) is 0.505. The molecule has 0 saturated carbocycles. The fourth-order valence-corrected chi connectivity index (χ4v) is 2.28. The van der Waals surface area contributed by atoms with Crippen molar-refractivity contribution < 1.29 is 19.4 Å².